The zero-order chi connectivity index (χ0) is 27.6. The third-order valence-electron chi connectivity index (χ3n) is 5.97. The first-order valence-electron chi connectivity index (χ1n) is 11.9. The summed E-state index contributed by atoms with van der Waals surface area (Å²) in [6.45, 7) is 3.92. The molecule has 2 heterocycles. The average molecular weight is 760 g/mol. The van der Waals surface area contributed by atoms with Gasteiger partial charge in [-0.05, 0) is 94.9 Å². The van der Waals surface area contributed by atoms with E-state index in [1.807, 2.05) is 19.1 Å². The Hall–Kier alpha value is -2.39. The maximum atomic E-state index is 14.0. The van der Waals surface area contributed by atoms with Crippen molar-refractivity contribution >= 4 is 68.6 Å². The topological polar surface area (TPSA) is 99.4 Å². The van der Waals surface area contributed by atoms with Crippen LogP contribution in [-0.4, -0.2) is 36.5 Å². The van der Waals surface area contributed by atoms with Crippen LogP contribution in [0.2, 0.25) is 0 Å². The lowest BCUT2D eigenvalue weighted by atomic mass is 9.93. The van der Waals surface area contributed by atoms with Crippen LogP contribution < -0.4 is 24.4 Å². The molecule has 2 aromatic carbocycles. The Morgan fingerprint density at radius 1 is 1.18 bits per heavy atom. The van der Waals surface area contributed by atoms with Crippen molar-refractivity contribution in [2.45, 2.75) is 32.7 Å². The SMILES string of the molecule is CCCC1=C(C(=O)OCC)[C@H](c2cc(OC)ccc2OC)n2c(s/c(=C\c3cc(I)cc(I)c3O)c2=O)=N1. The second-order valence-electron chi connectivity index (χ2n) is 8.35. The Morgan fingerprint density at radius 3 is 2.61 bits per heavy atom. The van der Waals surface area contributed by atoms with E-state index in [1.54, 1.807) is 38.3 Å². The van der Waals surface area contributed by atoms with Gasteiger partial charge in [0.1, 0.15) is 23.3 Å². The Morgan fingerprint density at radius 2 is 1.95 bits per heavy atom. The van der Waals surface area contributed by atoms with Gasteiger partial charge in [0.25, 0.3) is 5.56 Å². The number of esters is 1. The predicted molar refractivity (Wildman–Crippen MR) is 163 cm³/mol. The monoisotopic (exact) mass is 760 g/mol. The summed E-state index contributed by atoms with van der Waals surface area (Å²) in [5.41, 5.74) is 1.64. The number of thiazole rings is 1. The number of methoxy groups -OCH3 is 2. The van der Waals surface area contributed by atoms with Gasteiger partial charge in [-0.3, -0.25) is 9.36 Å². The number of hydrogen-bond acceptors (Lipinski definition) is 8. The Labute approximate surface area is 250 Å². The molecule has 0 saturated heterocycles. The lowest BCUT2D eigenvalue weighted by Gasteiger charge is -2.27. The van der Waals surface area contributed by atoms with Crippen LogP contribution >= 0.6 is 56.5 Å². The number of carbonyl (C=O) groups excluding carboxylic acids is 1. The fourth-order valence-corrected chi connectivity index (χ4v) is 7.21. The molecule has 1 aromatic heterocycles. The van der Waals surface area contributed by atoms with E-state index >= 15 is 0 Å². The number of phenols is 1. The smallest absolute Gasteiger partial charge is 0.338 e. The number of ether oxygens (including phenoxy) is 3. The van der Waals surface area contributed by atoms with Crippen molar-refractivity contribution < 1.29 is 24.1 Å². The number of benzene rings is 2. The van der Waals surface area contributed by atoms with Gasteiger partial charge in [-0.25, -0.2) is 9.79 Å². The first-order chi connectivity index (χ1) is 18.2. The van der Waals surface area contributed by atoms with Crippen LogP contribution in [0.4, 0.5) is 0 Å². The van der Waals surface area contributed by atoms with E-state index in [-0.39, 0.29) is 17.9 Å². The molecule has 8 nitrogen and oxygen atoms in total. The first kappa shape index (κ1) is 28.6. The van der Waals surface area contributed by atoms with Crippen LogP contribution in [0, 0.1) is 7.14 Å². The van der Waals surface area contributed by atoms with Gasteiger partial charge in [-0.1, -0.05) is 24.7 Å². The van der Waals surface area contributed by atoms with Gasteiger partial charge in [0.2, 0.25) is 0 Å². The second kappa shape index (κ2) is 12.2. The summed E-state index contributed by atoms with van der Waals surface area (Å²) in [5.74, 6) is 0.615. The summed E-state index contributed by atoms with van der Waals surface area (Å²) in [6, 6.07) is 8.09. The van der Waals surface area contributed by atoms with Crippen LogP contribution in [-0.2, 0) is 9.53 Å². The lowest BCUT2D eigenvalue weighted by Crippen LogP contribution is -2.40. The fraction of sp³-hybridized carbons (Fsp3) is 0.296. The van der Waals surface area contributed by atoms with E-state index in [2.05, 4.69) is 45.2 Å². The molecule has 0 spiro atoms. The van der Waals surface area contributed by atoms with Crippen molar-refractivity contribution in [3.63, 3.8) is 0 Å². The van der Waals surface area contributed by atoms with Gasteiger partial charge in [0.05, 0.1) is 40.2 Å². The molecule has 0 amide bonds. The van der Waals surface area contributed by atoms with Gasteiger partial charge < -0.3 is 19.3 Å². The standard InChI is InChI=1S/C27H26I2N2O6S/c1-5-7-19-22(26(34)37-6-2)23(17-13-16(35-3)8-9-20(17)36-4)31-25(33)21(38-27(31)30-19)11-14-10-15(28)12-18(29)24(14)32/h8-13,23,32H,5-7H2,1-4H3/b21-11-/t23-/m0/s1. The number of nitrogens with zero attached hydrogens (tertiary/aromatic N) is 2. The summed E-state index contributed by atoms with van der Waals surface area (Å²) in [6.07, 6.45) is 2.93. The van der Waals surface area contributed by atoms with Crippen LogP contribution in [0.1, 0.15) is 43.9 Å². The summed E-state index contributed by atoms with van der Waals surface area (Å²) in [7, 11) is 3.09. The average Bonchev–Trinajstić information content (AvgIpc) is 3.20. The van der Waals surface area contributed by atoms with Crippen molar-refractivity contribution in [1.29, 1.82) is 0 Å². The highest BCUT2D eigenvalue weighted by Gasteiger charge is 2.36. The van der Waals surface area contributed by atoms with E-state index in [9.17, 15) is 14.7 Å². The third kappa shape index (κ3) is 5.50. The summed E-state index contributed by atoms with van der Waals surface area (Å²) in [5, 5.41) is 10.6. The number of carbonyl (C=O) groups is 1. The zero-order valence-corrected chi connectivity index (χ0v) is 26.3. The molecule has 11 heteroatoms. The maximum Gasteiger partial charge on any atom is 0.338 e. The molecule has 0 radical (unpaired) electrons. The number of allylic oxidation sites excluding steroid dienone is 1. The summed E-state index contributed by atoms with van der Waals surface area (Å²) < 4.78 is 20.1. The number of fused-ring (bicyclic) bond motifs is 1. The molecule has 4 rings (SSSR count). The quantitative estimate of drug-likeness (QED) is 0.268. The minimum absolute atomic E-state index is 0.0988. The Balaban J connectivity index is 2.08. The van der Waals surface area contributed by atoms with Crippen LogP contribution in [0.15, 0.2) is 51.4 Å². The number of halogens is 2. The number of phenolic OH excluding ortho intramolecular Hbond substituents is 1. The minimum atomic E-state index is -0.844. The van der Waals surface area contributed by atoms with Crippen molar-refractivity contribution in [3.8, 4) is 17.2 Å². The molecular formula is C27H26I2N2O6S. The lowest BCUT2D eigenvalue weighted by molar-refractivity contribution is -0.139. The molecule has 0 saturated carbocycles. The van der Waals surface area contributed by atoms with E-state index in [4.69, 9.17) is 19.2 Å². The largest absolute Gasteiger partial charge is 0.506 e. The molecule has 0 unspecified atom stereocenters. The molecule has 38 heavy (non-hydrogen) atoms. The highest BCUT2D eigenvalue weighted by molar-refractivity contribution is 14.1. The van der Waals surface area contributed by atoms with E-state index in [1.165, 1.54) is 23.0 Å². The fourth-order valence-electron chi connectivity index (χ4n) is 4.31. The molecule has 0 aliphatic carbocycles. The highest BCUT2D eigenvalue weighted by Crippen LogP contribution is 2.38. The number of rotatable bonds is 8. The first-order valence-corrected chi connectivity index (χ1v) is 14.8. The van der Waals surface area contributed by atoms with Crippen LogP contribution in [0.3, 0.4) is 0 Å². The molecular weight excluding hydrogens is 734 g/mol. The Kier molecular flexibility index (Phi) is 9.19. The van der Waals surface area contributed by atoms with Crippen molar-refractivity contribution in [3.05, 3.63) is 79.6 Å². The van der Waals surface area contributed by atoms with Crippen molar-refractivity contribution in [2.24, 2.45) is 4.99 Å². The number of hydrogen-bond donors (Lipinski definition) is 1. The zero-order valence-electron chi connectivity index (χ0n) is 21.2. The molecule has 1 aliphatic rings. The normalized spacial score (nSPS) is 15.2. The Bertz CT molecular complexity index is 1610. The molecule has 1 N–H and O–H groups in total. The van der Waals surface area contributed by atoms with E-state index < -0.39 is 12.0 Å². The molecule has 1 aliphatic heterocycles. The van der Waals surface area contributed by atoms with Gasteiger partial charge in [0.15, 0.2) is 4.80 Å². The van der Waals surface area contributed by atoms with Crippen molar-refractivity contribution in [1.82, 2.24) is 4.57 Å². The predicted octanol–water partition coefficient (Wildman–Crippen LogP) is 4.51. The number of aromatic nitrogens is 1. The highest BCUT2D eigenvalue weighted by atomic mass is 127. The molecule has 1 atom stereocenters. The molecule has 0 fully saturated rings. The molecule has 3 aromatic rings. The minimum Gasteiger partial charge on any atom is -0.506 e. The van der Waals surface area contributed by atoms with Gasteiger partial charge >= 0.3 is 5.97 Å². The van der Waals surface area contributed by atoms with Crippen LogP contribution in [0.5, 0.6) is 17.2 Å². The molecule has 200 valence electrons. The third-order valence-corrected chi connectivity index (χ3v) is 8.40. The summed E-state index contributed by atoms with van der Waals surface area (Å²) >= 11 is 5.44. The molecule has 0 bridgehead atoms. The van der Waals surface area contributed by atoms with E-state index in [0.717, 1.165) is 9.99 Å². The van der Waals surface area contributed by atoms with E-state index in [0.29, 0.717) is 53.2 Å². The van der Waals surface area contributed by atoms with Crippen molar-refractivity contribution in [2.75, 3.05) is 20.8 Å². The second-order valence-corrected chi connectivity index (χ2v) is 11.8. The maximum absolute atomic E-state index is 14.0. The summed E-state index contributed by atoms with van der Waals surface area (Å²) in [4.78, 5) is 32.6. The van der Waals surface area contributed by atoms with Crippen LogP contribution in [0.25, 0.3) is 6.08 Å². The van der Waals surface area contributed by atoms with Gasteiger partial charge in [-0.15, -0.1) is 0 Å². The van der Waals surface area contributed by atoms with Gasteiger partial charge in [0, 0.05) is 14.7 Å². The number of aromatic hydroxyl groups is 1. The van der Waals surface area contributed by atoms with Gasteiger partial charge in [-0.2, -0.15) is 0 Å².